The molecule has 0 aromatic carbocycles. The Morgan fingerprint density at radius 2 is 1.76 bits per heavy atom. The number of carbonyl (C=O) groups excluding carboxylic acids is 2. The predicted octanol–water partition coefficient (Wildman–Crippen LogP) is 1.31. The van der Waals surface area contributed by atoms with E-state index >= 15 is 0 Å². The van der Waals surface area contributed by atoms with Crippen molar-refractivity contribution in [3.63, 3.8) is 0 Å². The lowest BCUT2D eigenvalue weighted by Crippen LogP contribution is -2.51. The largest absolute Gasteiger partial charge is 0.353 e. The first-order valence-corrected chi connectivity index (χ1v) is 9.41. The second kappa shape index (κ2) is 9.84. The van der Waals surface area contributed by atoms with Gasteiger partial charge in [0.05, 0.1) is 13.1 Å². The van der Waals surface area contributed by atoms with Crippen molar-refractivity contribution in [3.05, 3.63) is 22.8 Å². The fraction of sp³-hybridized carbons (Fsp3) is 0.588. The molecule has 1 fully saturated rings. The minimum absolute atomic E-state index is 0.0712. The molecule has 1 aromatic heterocycles. The van der Waals surface area contributed by atoms with Crippen molar-refractivity contribution in [2.75, 3.05) is 44.6 Å². The number of pyridine rings is 1. The molecule has 2 N–H and O–H groups in total. The fourth-order valence-electron chi connectivity index (χ4n) is 2.57. The van der Waals surface area contributed by atoms with Crippen LogP contribution in [0.3, 0.4) is 0 Å². The predicted molar refractivity (Wildman–Crippen MR) is 101 cm³/mol. The van der Waals surface area contributed by atoms with Gasteiger partial charge in [0.1, 0.15) is 5.82 Å². The number of nitrogens with one attached hydrogen (secondary N) is 2. The number of carbonyl (C=O) groups is 2. The van der Waals surface area contributed by atoms with Gasteiger partial charge in [0.15, 0.2) is 0 Å². The van der Waals surface area contributed by atoms with Crippen molar-refractivity contribution in [1.29, 1.82) is 0 Å². The van der Waals surface area contributed by atoms with Crippen molar-refractivity contribution in [2.45, 2.75) is 26.3 Å². The first kappa shape index (κ1) is 19.8. The summed E-state index contributed by atoms with van der Waals surface area (Å²) in [6.45, 7) is 7.95. The first-order chi connectivity index (χ1) is 12.0. The highest BCUT2D eigenvalue weighted by atomic mass is 79.9. The molecule has 138 valence electrons. The highest BCUT2D eigenvalue weighted by Gasteiger charge is 2.21. The Bertz CT molecular complexity index is 573. The van der Waals surface area contributed by atoms with E-state index in [2.05, 4.69) is 48.3 Å². The maximum Gasteiger partial charge on any atom is 0.239 e. The highest BCUT2D eigenvalue weighted by Crippen LogP contribution is 2.10. The molecule has 2 amide bonds. The van der Waals surface area contributed by atoms with Crippen LogP contribution in [-0.4, -0.2) is 71.9 Å². The number of nitrogens with zero attached hydrogens (tertiary/aromatic N) is 3. The smallest absolute Gasteiger partial charge is 0.239 e. The van der Waals surface area contributed by atoms with E-state index < -0.39 is 0 Å². The van der Waals surface area contributed by atoms with Crippen molar-refractivity contribution < 1.29 is 9.59 Å². The molecule has 1 aromatic rings. The van der Waals surface area contributed by atoms with Crippen LogP contribution in [0.15, 0.2) is 22.8 Å². The van der Waals surface area contributed by atoms with Crippen LogP contribution < -0.4 is 10.6 Å². The third-order valence-corrected chi connectivity index (χ3v) is 4.68. The molecule has 0 spiro atoms. The molecule has 2 heterocycles. The summed E-state index contributed by atoms with van der Waals surface area (Å²) in [5.74, 6) is 0.549. The Morgan fingerprint density at radius 3 is 2.28 bits per heavy atom. The van der Waals surface area contributed by atoms with Gasteiger partial charge in [-0.05, 0) is 41.4 Å². The Hall–Kier alpha value is -1.51. The average Bonchev–Trinajstić information content (AvgIpc) is 2.58. The Labute approximate surface area is 157 Å². The van der Waals surface area contributed by atoms with E-state index in [1.54, 1.807) is 12.3 Å². The lowest BCUT2D eigenvalue weighted by molar-refractivity contribution is -0.124. The number of piperazine rings is 1. The molecular formula is C17H26BrN5O2. The SMILES string of the molecule is CCC(C)NC(=O)CN1CCN(CC(=O)Nc2ccc(Br)cn2)CC1. The quantitative estimate of drug-likeness (QED) is 0.707. The average molecular weight is 412 g/mol. The van der Waals surface area contributed by atoms with Gasteiger partial charge >= 0.3 is 0 Å². The van der Waals surface area contributed by atoms with Crippen LogP contribution >= 0.6 is 15.9 Å². The number of anilines is 1. The Kier molecular flexibility index (Phi) is 7.80. The molecule has 2 rings (SSSR count). The minimum atomic E-state index is -0.0715. The fourth-order valence-corrected chi connectivity index (χ4v) is 2.80. The molecule has 0 radical (unpaired) electrons. The van der Waals surface area contributed by atoms with E-state index in [-0.39, 0.29) is 17.9 Å². The number of halogens is 1. The number of aromatic nitrogens is 1. The van der Waals surface area contributed by atoms with Gasteiger partial charge in [-0.2, -0.15) is 0 Å². The van der Waals surface area contributed by atoms with Crippen LogP contribution in [0.5, 0.6) is 0 Å². The number of amides is 2. The van der Waals surface area contributed by atoms with E-state index in [0.29, 0.717) is 18.9 Å². The first-order valence-electron chi connectivity index (χ1n) is 8.61. The Balaban J connectivity index is 1.68. The minimum Gasteiger partial charge on any atom is -0.353 e. The van der Waals surface area contributed by atoms with Gasteiger partial charge in [-0.3, -0.25) is 19.4 Å². The Morgan fingerprint density at radius 1 is 1.16 bits per heavy atom. The van der Waals surface area contributed by atoms with Crippen LogP contribution in [0.1, 0.15) is 20.3 Å². The normalized spacial score (nSPS) is 17.1. The lowest BCUT2D eigenvalue weighted by atomic mass is 10.2. The van der Waals surface area contributed by atoms with Gasteiger partial charge in [-0.25, -0.2) is 4.98 Å². The monoisotopic (exact) mass is 411 g/mol. The van der Waals surface area contributed by atoms with Crippen LogP contribution in [0.2, 0.25) is 0 Å². The van der Waals surface area contributed by atoms with E-state index in [1.165, 1.54) is 0 Å². The van der Waals surface area contributed by atoms with Crippen molar-refractivity contribution >= 4 is 33.6 Å². The number of rotatable bonds is 7. The summed E-state index contributed by atoms with van der Waals surface area (Å²) in [4.78, 5) is 32.4. The summed E-state index contributed by atoms with van der Waals surface area (Å²) in [6, 6.07) is 3.81. The summed E-state index contributed by atoms with van der Waals surface area (Å²) < 4.78 is 0.874. The molecule has 8 heteroatoms. The maximum atomic E-state index is 12.1. The van der Waals surface area contributed by atoms with Gasteiger partial charge in [-0.15, -0.1) is 0 Å². The van der Waals surface area contributed by atoms with Crippen LogP contribution in [0.4, 0.5) is 5.82 Å². The topological polar surface area (TPSA) is 77.6 Å². The summed E-state index contributed by atoms with van der Waals surface area (Å²) in [7, 11) is 0. The molecule has 0 aliphatic carbocycles. The second-order valence-corrected chi connectivity index (χ2v) is 7.25. The summed E-state index contributed by atoms with van der Waals surface area (Å²) >= 11 is 3.31. The summed E-state index contributed by atoms with van der Waals surface area (Å²) in [5, 5.41) is 5.78. The van der Waals surface area contributed by atoms with Crippen molar-refractivity contribution in [2.24, 2.45) is 0 Å². The van der Waals surface area contributed by atoms with Crippen molar-refractivity contribution in [1.82, 2.24) is 20.1 Å². The zero-order valence-electron chi connectivity index (χ0n) is 14.8. The van der Waals surface area contributed by atoms with Gasteiger partial charge in [0.25, 0.3) is 0 Å². The van der Waals surface area contributed by atoms with Gasteiger partial charge in [-0.1, -0.05) is 6.92 Å². The molecular weight excluding hydrogens is 386 g/mol. The molecule has 0 saturated carbocycles. The third kappa shape index (κ3) is 7.09. The van der Waals surface area contributed by atoms with Crippen molar-refractivity contribution in [3.8, 4) is 0 Å². The molecule has 1 aliphatic heterocycles. The second-order valence-electron chi connectivity index (χ2n) is 6.34. The van der Waals surface area contributed by atoms with Gasteiger partial charge < -0.3 is 10.6 Å². The summed E-state index contributed by atoms with van der Waals surface area (Å²) in [5.41, 5.74) is 0. The maximum absolute atomic E-state index is 12.1. The highest BCUT2D eigenvalue weighted by molar-refractivity contribution is 9.10. The summed E-state index contributed by atoms with van der Waals surface area (Å²) in [6.07, 6.45) is 2.58. The molecule has 25 heavy (non-hydrogen) atoms. The molecule has 1 unspecified atom stereocenters. The third-order valence-electron chi connectivity index (χ3n) is 4.21. The zero-order chi connectivity index (χ0) is 18.2. The molecule has 1 aliphatic rings. The standard InChI is InChI=1S/C17H26BrN5O2/c1-3-13(2)20-16(24)11-22-6-8-23(9-7-22)12-17(25)21-15-5-4-14(18)10-19-15/h4-5,10,13H,3,6-9,11-12H2,1-2H3,(H,20,24)(H,19,21,25). The van der Waals surface area contributed by atoms with Crippen LogP contribution in [0.25, 0.3) is 0 Å². The lowest BCUT2D eigenvalue weighted by Gasteiger charge is -2.34. The molecule has 1 saturated heterocycles. The van der Waals surface area contributed by atoms with E-state index in [0.717, 1.165) is 37.1 Å². The number of hydrogen-bond donors (Lipinski definition) is 2. The molecule has 1 atom stereocenters. The van der Waals surface area contributed by atoms with Gasteiger partial charge in [0.2, 0.25) is 11.8 Å². The number of hydrogen-bond acceptors (Lipinski definition) is 5. The van der Waals surface area contributed by atoms with Gasteiger partial charge in [0, 0.05) is 42.9 Å². The zero-order valence-corrected chi connectivity index (χ0v) is 16.4. The molecule has 7 nitrogen and oxygen atoms in total. The van der Waals surface area contributed by atoms with E-state index in [4.69, 9.17) is 0 Å². The van der Waals surface area contributed by atoms with E-state index in [1.807, 2.05) is 13.0 Å². The van der Waals surface area contributed by atoms with Crippen LogP contribution in [-0.2, 0) is 9.59 Å². The van der Waals surface area contributed by atoms with Crippen LogP contribution in [0, 0.1) is 0 Å². The molecule has 0 bridgehead atoms. The van der Waals surface area contributed by atoms with E-state index in [9.17, 15) is 9.59 Å².